The summed E-state index contributed by atoms with van der Waals surface area (Å²) >= 11 is 0. The summed E-state index contributed by atoms with van der Waals surface area (Å²) < 4.78 is 0. The van der Waals surface area contributed by atoms with E-state index in [0.717, 1.165) is 25.9 Å². The maximum Gasteiger partial charge on any atom is 0.0366 e. The molecule has 2 heteroatoms. The van der Waals surface area contributed by atoms with Gasteiger partial charge in [0.05, 0.1) is 0 Å². The fourth-order valence-electron chi connectivity index (χ4n) is 2.54. The van der Waals surface area contributed by atoms with Crippen molar-refractivity contribution in [3.05, 3.63) is 29.8 Å². The Morgan fingerprint density at radius 2 is 1.94 bits per heavy atom. The molecular weight excluding hydrogens is 208 g/mol. The minimum Gasteiger partial charge on any atom is -0.371 e. The van der Waals surface area contributed by atoms with Gasteiger partial charge in [0.1, 0.15) is 0 Å². The lowest BCUT2D eigenvalue weighted by molar-refractivity contribution is 0.245. The minimum absolute atomic E-state index is 0.210. The third-order valence-corrected chi connectivity index (χ3v) is 4.02. The Bertz CT molecular complexity index is 367. The van der Waals surface area contributed by atoms with E-state index in [4.69, 9.17) is 5.73 Å². The molecule has 0 bridgehead atoms. The van der Waals surface area contributed by atoms with Gasteiger partial charge in [-0.05, 0) is 36.0 Å². The summed E-state index contributed by atoms with van der Waals surface area (Å²) in [4.78, 5) is 2.46. The van der Waals surface area contributed by atoms with Gasteiger partial charge >= 0.3 is 0 Å². The van der Waals surface area contributed by atoms with Gasteiger partial charge in [0.15, 0.2) is 0 Å². The third kappa shape index (κ3) is 2.63. The fourth-order valence-corrected chi connectivity index (χ4v) is 2.54. The summed E-state index contributed by atoms with van der Waals surface area (Å²) in [5.41, 5.74) is 9.12. The lowest BCUT2D eigenvalue weighted by Gasteiger charge is -2.43. The molecule has 1 unspecified atom stereocenters. The molecule has 0 saturated carbocycles. The fraction of sp³-hybridized carbons (Fsp3) is 0.600. The Morgan fingerprint density at radius 1 is 1.29 bits per heavy atom. The molecule has 1 heterocycles. The Hall–Kier alpha value is -1.02. The van der Waals surface area contributed by atoms with Crippen LogP contribution in [0.5, 0.6) is 0 Å². The van der Waals surface area contributed by atoms with E-state index in [1.165, 1.54) is 11.3 Å². The van der Waals surface area contributed by atoms with Crippen LogP contribution in [0.2, 0.25) is 0 Å². The van der Waals surface area contributed by atoms with Crippen molar-refractivity contribution >= 4 is 5.69 Å². The van der Waals surface area contributed by atoms with Crippen molar-refractivity contribution in [3.8, 4) is 0 Å². The minimum atomic E-state index is 0.210. The summed E-state index contributed by atoms with van der Waals surface area (Å²) in [6, 6.07) is 9.28. The molecule has 1 aromatic rings. The number of benzene rings is 1. The van der Waals surface area contributed by atoms with Crippen LogP contribution < -0.4 is 10.6 Å². The number of nitrogens with zero attached hydrogens (tertiary/aromatic N) is 1. The third-order valence-electron chi connectivity index (χ3n) is 4.02. The van der Waals surface area contributed by atoms with Gasteiger partial charge in [-0.15, -0.1) is 0 Å². The monoisotopic (exact) mass is 232 g/mol. The highest BCUT2D eigenvalue weighted by Gasteiger charge is 2.33. The summed E-state index contributed by atoms with van der Waals surface area (Å²) in [5, 5.41) is 0. The zero-order valence-corrected chi connectivity index (χ0v) is 11.2. The Labute approximate surface area is 105 Å². The molecule has 0 radical (unpaired) electrons. The number of piperidine rings is 1. The van der Waals surface area contributed by atoms with Crippen molar-refractivity contribution in [1.82, 2.24) is 0 Å². The number of rotatable bonds is 2. The SMILES string of the molecule is CCc1ccc(N2CCC(N)C(C)(C)C2)cc1. The molecular formula is C15H24N2. The van der Waals surface area contributed by atoms with E-state index in [0.29, 0.717) is 6.04 Å². The van der Waals surface area contributed by atoms with Crippen LogP contribution >= 0.6 is 0 Å². The molecule has 1 aromatic carbocycles. The lowest BCUT2D eigenvalue weighted by Crippen LogP contribution is -2.52. The van der Waals surface area contributed by atoms with E-state index in [1.54, 1.807) is 0 Å². The molecule has 0 amide bonds. The smallest absolute Gasteiger partial charge is 0.0366 e. The molecule has 1 aliphatic heterocycles. The molecule has 94 valence electrons. The van der Waals surface area contributed by atoms with Crippen LogP contribution in [0.15, 0.2) is 24.3 Å². The highest BCUT2D eigenvalue weighted by molar-refractivity contribution is 5.48. The molecule has 2 N–H and O–H groups in total. The highest BCUT2D eigenvalue weighted by atomic mass is 15.2. The van der Waals surface area contributed by atoms with E-state index in [1.807, 2.05) is 0 Å². The number of hydrogen-bond acceptors (Lipinski definition) is 2. The first-order chi connectivity index (χ1) is 8.03. The second-order valence-corrected chi connectivity index (χ2v) is 5.83. The first-order valence-electron chi connectivity index (χ1n) is 6.62. The molecule has 2 rings (SSSR count). The molecule has 1 atom stereocenters. The number of anilines is 1. The van der Waals surface area contributed by atoms with Gasteiger partial charge in [0, 0.05) is 24.8 Å². The standard InChI is InChI=1S/C15H24N2/c1-4-12-5-7-13(8-6-12)17-10-9-14(16)15(2,3)11-17/h5-8,14H,4,9-11,16H2,1-3H3. The molecule has 17 heavy (non-hydrogen) atoms. The zero-order chi connectivity index (χ0) is 12.5. The normalized spacial score (nSPS) is 23.8. The average Bonchev–Trinajstić information content (AvgIpc) is 2.33. The Balaban J connectivity index is 2.12. The van der Waals surface area contributed by atoms with Crippen LogP contribution in [-0.4, -0.2) is 19.1 Å². The van der Waals surface area contributed by atoms with Crippen LogP contribution in [0.3, 0.4) is 0 Å². The molecule has 0 aromatic heterocycles. The van der Waals surface area contributed by atoms with E-state index in [9.17, 15) is 0 Å². The van der Waals surface area contributed by atoms with Gasteiger partial charge in [-0.3, -0.25) is 0 Å². The molecule has 0 aliphatic carbocycles. The summed E-state index contributed by atoms with van der Waals surface area (Å²) in [6.07, 6.45) is 2.19. The van der Waals surface area contributed by atoms with Crippen LogP contribution in [-0.2, 0) is 6.42 Å². The Morgan fingerprint density at radius 3 is 2.47 bits per heavy atom. The van der Waals surface area contributed by atoms with E-state index < -0.39 is 0 Å². The van der Waals surface area contributed by atoms with Gasteiger partial charge < -0.3 is 10.6 Å². The predicted octanol–water partition coefficient (Wildman–Crippen LogP) is 2.81. The van der Waals surface area contributed by atoms with Crippen molar-refractivity contribution in [2.75, 3.05) is 18.0 Å². The van der Waals surface area contributed by atoms with E-state index in [2.05, 4.69) is 49.9 Å². The molecule has 1 fully saturated rings. The lowest BCUT2D eigenvalue weighted by atomic mass is 9.79. The zero-order valence-electron chi connectivity index (χ0n) is 11.2. The second-order valence-electron chi connectivity index (χ2n) is 5.83. The van der Waals surface area contributed by atoms with Crippen molar-refractivity contribution in [2.24, 2.45) is 11.1 Å². The van der Waals surface area contributed by atoms with Crippen molar-refractivity contribution in [3.63, 3.8) is 0 Å². The first-order valence-corrected chi connectivity index (χ1v) is 6.62. The maximum atomic E-state index is 6.17. The van der Waals surface area contributed by atoms with E-state index in [-0.39, 0.29) is 5.41 Å². The van der Waals surface area contributed by atoms with Crippen molar-refractivity contribution in [1.29, 1.82) is 0 Å². The van der Waals surface area contributed by atoms with Gasteiger partial charge in [0.25, 0.3) is 0 Å². The van der Waals surface area contributed by atoms with Crippen LogP contribution in [0.4, 0.5) is 5.69 Å². The molecule has 1 aliphatic rings. The number of aryl methyl sites for hydroxylation is 1. The van der Waals surface area contributed by atoms with Gasteiger partial charge in [-0.1, -0.05) is 32.9 Å². The van der Waals surface area contributed by atoms with Gasteiger partial charge in [-0.2, -0.15) is 0 Å². The van der Waals surface area contributed by atoms with Crippen LogP contribution in [0.25, 0.3) is 0 Å². The maximum absolute atomic E-state index is 6.17. The topological polar surface area (TPSA) is 29.3 Å². The molecule has 0 spiro atoms. The number of hydrogen-bond donors (Lipinski definition) is 1. The largest absolute Gasteiger partial charge is 0.371 e. The summed E-state index contributed by atoms with van der Waals surface area (Å²) in [5.74, 6) is 0. The molecule has 2 nitrogen and oxygen atoms in total. The predicted molar refractivity (Wildman–Crippen MR) is 74.4 cm³/mol. The quantitative estimate of drug-likeness (QED) is 0.849. The van der Waals surface area contributed by atoms with Crippen molar-refractivity contribution < 1.29 is 0 Å². The van der Waals surface area contributed by atoms with Gasteiger partial charge in [-0.25, -0.2) is 0 Å². The summed E-state index contributed by atoms with van der Waals surface area (Å²) in [6.45, 7) is 8.86. The van der Waals surface area contributed by atoms with Crippen LogP contribution in [0.1, 0.15) is 32.8 Å². The first kappa shape index (κ1) is 12.4. The number of nitrogens with two attached hydrogens (primary N) is 1. The van der Waals surface area contributed by atoms with Crippen LogP contribution in [0, 0.1) is 5.41 Å². The summed E-state index contributed by atoms with van der Waals surface area (Å²) in [7, 11) is 0. The highest BCUT2D eigenvalue weighted by Crippen LogP contribution is 2.30. The van der Waals surface area contributed by atoms with E-state index >= 15 is 0 Å². The van der Waals surface area contributed by atoms with Crippen molar-refractivity contribution in [2.45, 2.75) is 39.7 Å². The van der Waals surface area contributed by atoms with Gasteiger partial charge in [0.2, 0.25) is 0 Å². The Kier molecular flexibility index (Phi) is 3.43. The average molecular weight is 232 g/mol. The molecule has 1 saturated heterocycles. The second kappa shape index (κ2) is 4.69.